The average molecular weight is 213 g/mol. The first kappa shape index (κ1) is 8.05. The van der Waals surface area contributed by atoms with E-state index in [1.54, 1.807) is 0 Å². The van der Waals surface area contributed by atoms with Crippen LogP contribution >= 0.6 is 12.2 Å². The van der Waals surface area contributed by atoms with Crippen LogP contribution in [0.25, 0.3) is 0 Å². The first-order chi connectivity index (χ1) is 7.32. The third-order valence-electron chi connectivity index (χ3n) is 4.07. The number of piperidine rings is 1. The second-order valence-electron chi connectivity index (χ2n) is 4.72. The standard InChI is InChI=1S/C13H11NS/c15-11-5-12-13(6-8(13)7-14-12)10-4-2-1-3-9(10)11/h1-5,8,14H,6-7H2. The van der Waals surface area contributed by atoms with Gasteiger partial charge in [0.15, 0.2) is 0 Å². The second kappa shape index (κ2) is 2.33. The van der Waals surface area contributed by atoms with E-state index >= 15 is 0 Å². The van der Waals surface area contributed by atoms with Crippen molar-refractivity contribution >= 4 is 17.1 Å². The van der Waals surface area contributed by atoms with E-state index in [-0.39, 0.29) is 0 Å². The molecule has 0 aromatic heterocycles. The van der Waals surface area contributed by atoms with Crippen LogP contribution in [-0.4, -0.2) is 11.4 Å². The highest BCUT2D eigenvalue weighted by atomic mass is 32.1. The van der Waals surface area contributed by atoms with Crippen molar-refractivity contribution in [2.45, 2.75) is 11.8 Å². The summed E-state index contributed by atoms with van der Waals surface area (Å²) in [4.78, 5) is 0.992. The van der Waals surface area contributed by atoms with E-state index in [0.29, 0.717) is 5.41 Å². The maximum atomic E-state index is 5.44. The molecule has 1 N–H and O–H groups in total. The topological polar surface area (TPSA) is 12.0 Å². The molecule has 1 aliphatic heterocycles. The van der Waals surface area contributed by atoms with Gasteiger partial charge in [-0.3, -0.25) is 0 Å². The molecule has 0 radical (unpaired) electrons. The predicted octanol–water partition coefficient (Wildman–Crippen LogP) is 2.16. The van der Waals surface area contributed by atoms with E-state index in [9.17, 15) is 0 Å². The summed E-state index contributed by atoms with van der Waals surface area (Å²) in [5.41, 5.74) is 4.44. The molecule has 15 heavy (non-hydrogen) atoms. The lowest BCUT2D eigenvalue weighted by atomic mass is 9.82. The Kier molecular flexibility index (Phi) is 1.25. The van der Waals surface area contributed by atoms with Crippen LogP contribution < -0.4 is 5.32 Å². The quantitative estimate of drug-likeness (QED) is 0.663. The lowest BCUT2D eigenvalue weighted by Crippen LogP contribution is -2.24. The van der Waals surface area contributed by atoms with Crippen molar-refractivity contribution in [2.75, 3.05) is 6.54 Å². The van der Waals surface area contributed by atoms with Gasteiger partial charge in [0.25, 0.3) is 0 Å². The summed E-state index contributed by atoms with van der Waals surface area (Å²) >= 11 is 5.44. The van der Waals surface area contributed by atoms with Gasteiger partial charge in [-0.2, -0.15) is 0 Å². The maximum absolute atomic E-state index is 5.44. The molecule has 2 atom stereocenters. The van der Waals surface area contributed by atoms with Gasteiger partial charge >= 0.3 is 0 Å². The molecule has 1 nitrogen and oxygen atoms in total. The van der Waals surface area contributed by atoms with Crippen LogP contribution in [0.1, 0.15) is 17.5 Å². The Morgan fingerprint density at radius 3 is 3.07 bits per heavy atom. The van der Waals surface area contributed by atoms with Gasteiger partial charge in [-0.25, -0.2) is 0 Å². The van der Waals surface area contributed by atoms with Gasteiger partial charge in [0.05, 0.1) is 0 Å². The highest BCUT2D eigenvalue weighted by Crippen LogP contribution is 2.63. The Hall–Kier alpha value is -1.15. The molecule has 2 unspecified atom stereocenters. The number of benzene rings is 1. The van der Waals surface area contributed by atoms with E-state index in [1.165, 1.54) is 23.2 Å². The van der Waals surface area contributed by atoms with Crippen LogP contribution in [0.15, 0.2) is 36.0 Å². The fourth-order valence-corrected chi connectivity index (χ4v) is 3.54. The molecule has 1 saturated carbocycles. The smallest absolute Gasteiger partial charge is 0.0470 e. The first-order valence-electron chi connectivity index (χ1n) is 5.42. The molecule has 2 aliphatic carbocycles. The summed E-state index contributed by atoms with van der Waals surface area (Å²) in [7, 11) is 0. The van der Waals surface area contributed by atoms with E-state index in [2.05, 4.69) is 35.7 Å². The summed E-state index contributed by atoms with van der Waals surface area (Å²) in [5.74, 6) is 0.813. The summed E-state index contributed by atoms with van der Waals surface area (Å²) in [6.45, 7) is 1.13. The molecule has 2 heteroatoms. The van der Waals surface area contributed by atoms with Crippen LogP contribution in [0.3, 0.4) is 0 Å². The number of hydrogen-bond acceptors (Lipinski definition) is 2. The Morgan fingerprint density at radius 1 is 1.33 bits per heavy atom. The van der Waals surface area contributed by atoms with Crippen LogP contribution in [0.2, 0.25) is 0 Å². The Morgan fingerprint density at radius 2 is 2.20 bits per heavy atom. The van der Waals surface area contributed by atoms with Gasteiger partial charge in [0.2, 0.25) is 0 Å². The zero-order valence-corrected chi connectivity index (χ0v) is 9.10. The summed E-state index contributed by atoms with van der Waals surface area (Å²) in [6.07, 6.45) is 3.48. The average Bonchev–Trinajstić information content (AvgIpc) is 2.89. The lowest BCUT2D eigenvalue weighted by Gasteiger charge is -2.24. The minimum atomic E-state index is 0.332. The third kappa shape index (κ3) is 0.787. The zero-order valence-electron chi connectivity index (χ0n) is 8.29. The van der Waals surface area contributed by atoms with Gasteiger partial charge < -0.3 is 5.32 Å². The highest BCUT2D eigenvalue weighted by Gasteiger charge is 2.63. The largest absolute Gasteiger partial charge is 0.387 e. The number of rotatable bonds is 0. The third-order valence-corrected chi connectivity index (χ3v) is 4.41. The summed E-state index contributed by atoms with van der Waals surface area (Å²) in [5, 5.41) is 3.49. The number of allylic oxidation sites excluding steroid dienone is 2. The number of thiocarbonyl (C=S) groups is 1. The van der Waals surface area contributed by atoms with Crippen molar-refractivity contribution in [3.05, 3.63) is 47.2 Å². The molecule has 1 heterocycles. The number of hydrogen-bond donors (Lipinski definition) is 1. The van der Waals surface area contributed by atoms with E-state index in [1.807, 2.05) is 0 Å². The van der Waals surface area contributed by atoms with Crippen LogP contribution in [-0.2, 0) is 5.41 Å². The predicted molar refractivity (Wildman–Crippen MR) is 64.0 cm³/mol. The molecule has 2 fully saturated rings. The number of nitrogens with one attached hydrogen (secondary N) is 1. The molecule has 3 aliphatic rings. The Bertz CT molecular complexity index is 517. The van der Waals surface area contributed by atoms with Crippen molar-refractivity contribution in [3.8, 4) is 0 Å². The monoisotopic (exact) mass is 213 g/mol. The van der Waals surface area contributed by atoms with Crippen molar-refractivity contribution in [3.63, 3.8) is 0 Å². The molecule has 1 saturated heterocycles. The van der Waals surface area contributed by atoms with Crippen LogP contribution in [0, 0.1) is 5.92 Å². The molecular weight excluding hydrogens is 202 g/mol. The summed E-state index contributed by atoms with van der Waals surface area (Å²) in [6, 6.07) is 8.63. The fourth-order valence-electron chi connectivity index (χ4n) is 3.25. The SMILES string of the molecule is S=C1C=C2NCC3CC23c2ccccc21. The second-order valence-corrected chi connectivity index (χ2v) is 5.16. The van der Waals surface area contributed by atoms with E-state index in [0.717, 1.165) is 17.3 Å². The number of fused-ring (bicyclic) bond motifs is 1. The van der Waals surface area contributed by atoms with Crippen molar-refractivity contribution in [2.24, 2.45) is 5.92 Å². The van der Waals surface area contributed by atoms with Gasteiger partial charge in [0.1, 0.15) is 0 Å². The maximum Gasteiger partial charge on any atom is 0.0470 e. The molecule has 74 valence electrons. The molecular formula is C13H11NS. The van der Waals surface area contributed by atoms with Gasteiger partial charge in [-0.1, -0.05) is 36.5 Å². The van der Waals surface area contributed by atoms with Crippen LogP contribution in [0.5, 0.6) is 0 Å². The van der Waals surface area contributed by atoms with E-state index in [4.69, 9.17) is 12.2 Å². The molecule has 0 amide bonds. The normalized spacial score (nSPS) is 34.8. The molecule has 0 bridgehead atoms. The zero-order chi connectivity index (χ0) is 10.0. The molecule has 1 spiro atoms. The lowest BCUT2D eigenvalue weighted by molar-refractivity contribution is 0.785. The first-order valence-corrected chi connectivity index (χ1v) is 5.83. The van der Waals surface area contributed by atoms with Crippen molar-refractivity contribution < 1.29 is 0 Å². The van der Waals surface area contributed by atoms with Crippen LogP contribution in [0.4, 0.5) is 0 Å². The fraction of sp³-hybridized carbons (Fsp3) is 0.308. The minimum absolute atomic E-state index is 0.332. The van der Waals surface area contributed by atoms with Gasteiger partial charge in [0, 0.05) is 22.5 Å². The Labute approximate surface area is 94.2 Å². The summed E-state index contributed by atoms with van der Waals surface area (Å²) < 4.78 is 0. The highest BCUT2D eigenvalue weighted by molar-refractivity contribution is 7.81. The minimum Gasteiger partial charge on any atom is -0.387 e. The Balaban J connectivity index is 2.05. The molecule has 1 aromatic rings. The van der Waals surface area contributed by atoms with Crippen molar-refractivity contribution in [1.29, 1.82) is 0 Å². The van der Waals surface area contributed by atoms with Gasteiger partial charge in [-0.05, 0) is 29.5 Å². The van der Waals surface area contributed by atoms with Gasteiger partial charge in [-0.15, -0.1) is 0 Å². The molecule has 4 rings (SSSR count). The van der Waals surface area contributed by atoms with E-state index < -0.39 is 0 Å². The molecule has 1 aromatic carbocycles. The van der Waals surface area contributed by atoms with Crippen molar-refractivity contribution in [1.82, 2.24) is 5.32 Å².